The third-order valence-corrected chi connectivity index (χ3v) is 2.36. The average Bonchev–Trinajstić information content (AvgIpc) is 2.16. The Hall–Kier alpha value is -0.790. The summed E-state index contributed by atoms with van der Waals surface area (Å²) in [4.78, 5) is 10.7. The SMILES string of the molecule is COC(=O)C=CC1CCCCC1. The third kappa shape index (κ3) is 3.07. The van der Waals surface area contributed by atoms with Crippen LogP contribution < -0.4 is 0 Å². The number of rotatable bonds is 2. The maximum Gasteiger partial charge on any atom is 0.330 e. The summed E-state index contributed by atoms with van der Waals surface area (Å²) in [5.41, 5.74) is 0. The number of methoxy groups -OCH3 is 1. The fraction of sp³-hybridized carbons (Fsp3) is 0.700. The van der Waals surface area contributed by atoms with Crippen LogP contribution in [0.15, 0.2) is 12.2 Å². The Bertz CT molecular complexity index is 167. The maximum atomic E-state index is 10.7. The van der Waals surface area contributed by atoms with E-state index >= 15 is 0 Å². The van der Waals surface area contributed by atoms with E-state index in [4.69, 9.17) is 0 Å². The second-order valence-corrected chi connectivity index (χ2v) is 3.28. The van der Waals surface area contributed by atoms with Crippen molar-refractivity contribution >= 4 is 5.97 Å². The molecular formula is C10H16O2. The van der Waals surface area contributed by atoms with Crippen molar-refractivity contribution in [1.82, 2.24) is 0 Å². The van der Waals surface area contributed by atoms with Crippen molar-refractivity contribution in [3.05, 3.63) is 12.2 Å². The normalized spacial score (nSPS) is 19.8. The van der Waals surface area contributed by atoms with Gasteiger partial charge in [-0.25, -0.2) is 4.79 Å². The highest BCUT2D eigenvalue weighted by atomic mass is 16.5. The van der Waals surface area contributed by atoms with Gasteiger partial charge in [-0.15, -0.1) is 0 Å². The molecule has 0 heterocycles. The van der Waals surface area contributed by atoms with Crippen LogP contribution in [0.2, 0.25) is 0 Å². The van der Waals surface area contributed by atoms with E-state index in [-0.39, 0.29) is 5.97 Å². The standard InChI is InChI=1S/C10H16O2/c1-12-10(11)8-7-9-5-3-2-4-6-9/h7-9H,2-6H2,1H3. The van der Waals surface area contributed by atoms with Crippen molar-refractivity contribution in [2.24, 2.45) is 5.92 Å². The van der Waals surface area contributed by atoms with Crippen molar-refractivity contribution in [2.45, 2.75) is 32.1 Å². The lowest BCUT2D eigenvalue weighted by molar-refractivity contribution is -0.134. The average molecular weight is 168 g/mol. The Morgan fingerprint density at radius 1 is 1.33 bits per heavy atom. The first kappa shape index (κ1) is 9.30. The molecular weight excluding hydrogens is 152 g/mol. The minimum Gasteiger partial charge on any atom is -0.466 e. The molecule has 0 saturated heterocycles. The molecule has 0 aromatic carbocycles. The van der Waals surface area contributed by atoms with Crippen molar-refractivity contribution in [1.29, 1.82) is 0 Å². The van der Waals surface area contributed by atoms with E-state index in [0.717, 1.165) is 0 Å². The highest BCUT2D eigenvalue weighted by molar-refractivity contribution is 5.81. The molecule has 0 amide bonds. The van der Waals surface area contributed by atoms with E-state index in [9.17, 15) is 4.79 Å². The molecule has 0 aromatic heterocycles. The fourth-order valence-corrected chi connectivity index (χ4v) is 1.61. The lowest BCUT2D eigenvalue weighted by atomic mass is 9.89. The van der Waals surface area contributed by atoms with Gasteiger partial charge in [-0.3, -0.25) is 0 Å². The minimum absolute atomic E-state index is 0.236. The summed E-state index contributed by atoms with van der Waals surface area (Å²) in [5.74, 6) is 0.374. The molecule has 2 nitrogen and oxygen atoms in total. The van der Waals surface area contributed by atoms with Gasteiger partial charge in [0.25, 0.3) is 0 Å². The van der Waals surface area contributed by atoms with Gasteiger partial charge < -0.3 is 4.74 Å². The zero-order valence-electron chi connectivity index (χ0n) is 7.58. The summed E-state index contributed by atoms with van der Waals surface area (Å²) >= 11 is 0. The lowest BCUT2D eigenvalue weighted by Gasteiger charge is -2.17. The van der Waals surface area contributed by atoms with E-state index in [1.807, 2.05) is 6.08 Å². The molecule has 1 fully saturated rings. The van der Waals surface area contributed by atoms with Gasteiger partial charge in [0.2, 0.25) is 0 Å². The van der Waals surface area contributed by atoms with Gasteiger partial charge >= 0.3 is 5.97 Å². The van der Waals surface area contributed by atoms with E-state index in [0.29, 0.717) is 5.92 Å². The first-order chi connectivity index (χ1) is 5.83. The smallest absolute Gasteiger partial charge is 0.330 e. The topological polar surface area (TPSA) is 26.3 Å². The van der Waals surface area contributed by atoms with Crippen LogP contribution in [0, 0.1) is 5.92 Å². The lowest BCUT2D eigenvalue weighted by Crippen LogP contribution is -2.04. The Labute approximate surface area is 73.6 Å². The van der Waals surface area contributed by atoms with Crippen molar-refractivity contribution in [3.63, 3.8) is 0 Å². The number of allylic oxidation sites excluding steroid dienone is 1. The molecule has 0 aromatic rings. The van der Waals surface area contributed by atoms with Crippen molar-refractivity contribution in [3.8, 4) is 0 Å². The molecule has 0 unspecified atom stereocenters. The van der Waals surface area contributed by atoms with E-state index < -0.39 is 0 Å². The molecule has 0 radical (unpaired) electrons. The largest absolute Gasteiger partial charge is 0.466 e. The van der Waals surface area contributed by atoms with E-state index in [1.165, 1.54) is 39.2 Å². The molecule has 0 N–H and O–H groups in total. The molecule has 0 bridgehead atoms. The Morgan fingerprint density at radius 2 is 2.00 bits per heavy atom. The monoisotopic (exact) mass is 168 g/mol. The second-order valence-electron chi connectivity index (χ2n) is 3.28. The molecule has 68 valence electrons. The van der Waals surface area contributed by atoms with Gasteiger partial charge in [0.15, 0.2) is 0 Å². The van der Waals surface area contributed by atoms with Crippen LogP contribution in [0.4, 0.5) is 0 Å². The van der Waals surface area contributed by atoms with Crippen molar-refractivity contribution < 1.29 is 9.53 Å². The zero-order chi connectivity index (χ0) is 8.81. The highest BCUT2D eigenvalue weighted by Crippen LogP contribution is 2.24. The minimum atomic E-state index is -0.236. The Kier molecular flexibility index (Phi) is 3.85. The van der Waals surface area contributed by atoms with Crippen LogP contribution in [0.1, 0.15) is 32.1 Å². The highest BCUT2D eigenvalue weighted by Gasteiger charge is 2.09. The summed E-state index contributed by atoms with van der Waals surface area (Å²) in [6.07, 6.45) is 9.96. The molecule has 0 atom stereocenters. The zero-order valence-corrected chi connectivity index (χ0v) is 7.58. The number of esters is 1. The number of ether oxygens (including phenoxy) is 1. The molecule has 0 spiro atoms. The predicted octanol–water partition coefficient (Wildman–Crippen LogP) is 2.30. The molecule has 12 heavy (non-hydrogen) atoms. The molecule has 2 heteroatoms. The first-order valence-electron chi connectivity index (χ1n) is 4.59. The van der Waals surface area contributed by atoms with Crippen LogP contribution in [-0.2, 0) is 9.53 Å². The van der Waals surface area contributed by atoms with Gasteiger partial charge in [0, 0.05) is 6.08 Å². The summed E-state index contributed by atoms with van der Waals surface area (Å²) in [7, 11) is 1.41. The Balaban J connectivity index is 2.28. The van der Waals surface area contributed by atoms with Crippen molar-refractivity contribution in [2.75, 3.05) is 7.11 Å². The Morgan fingerprint density at radius 3 is 2.58 bits per heavy atom. The van der Waals surface area contributed by atoms with Gasteiger partial charge in [-0.05, 0) is 18.8 Å². The molecule has 0 aliphatic heterocycles. The number of carbonyl (C=O) groups is 1. The summed E-state index contributed by atoms with van der Waals surface area (Å²) < 4.78 is 4.52. The summed E-state index contributed by atoms with van der Waals surface area (Å²) in [6.45, 7) is 0. The van der Waals surface area contributed by atoms with Gasteiger partial charge in [0.1, 0.15) is 0 Å². The fourth-order valence-electron chi connectivity index (χ4n) is 1.61. The third-order valence-electron chi connectivity index (χ3n) is 2.36. The molecule has 1 rings (SSSR count). The predicted molar refractivity (Wildman–Crippen MR) is 47.7 cm³/mol. The van der Waals surface area contributed by atoms with Crippen LogP contribution in [-0.4, -0.2) is 13.1 Å². The maximum absolute atomic E-state index is 10.7. The first-order valence-corrected chi connectivity index (χ1v) is 4.59. The number of hydrogen-bond acceptors (Lipinski definition) is 2. The van der Waals surface area contributed by atoms with E-state index in [1.54, 1.807) is 6.08 Å². The van der Waals surface area contributed by atoms with Crippen LogP contribution in [0.3, 0.4) is 0 Å². The number of carbonyl (C=O) groups excluding carboxylic acids is 1. The van der Waals surface area contributed by atoms with E-state index in [2.05, 4.69) is 4.74 Å². The second kappa shape index (κ2) is 4.96. The quantitative estimate of drug-likeness (QED) is 0.467. The van der Waals surface area contributed by atoms with Gasteiger partial charge in [-0.1, -0.05) is 25.3 Å². The molecule has 1 aliphatic rings. The van der Waals surface area contributed by atoms with Crippen LogP contribution in [0.5, 0.6) is 0 Å². The van der Waals surface area contributed by atoms with Gasteiger partial charge in [-0.2, -0.15) is 0 Å². The summed E-state index contributed by atoms with van der Waals surface area (Å²) in [6, 6.07) is 0. The molecule has 1 aliphatic carbocycles. The summed E-state index contributed by atoms with van der Waals surface area (Å²) in [5, 5.41) is 0. The van der Waals surface area contributed by atoms with Gasteiger partial charge in [0.05, 0.1) is 7.11 Å². The molecule has 1 saturated carbocycles. The number of hydrogen-bond donors (Lipinski definition) is 0. The van der Waals surface area contributed by atoms with Crippen LogP contribution >= 0.6 is 0 Å². The van der Waals surface area contributed by atoms with Crippen LogP contribution in [0.25, 0.3) is 0 Å².